The number of pyridine rings is 1. The maximum Gasteiger partial charge on any atom is 0.250 e. The predicted octanol–water partition coefficient (Wildman–Crippen LogP) is 3.39. The summed E-state index contributed by atoms with van der Waals surface area (Å²) < 4.78 is 8.22. The molecule has 3 nitrogen and oxygen atoms in total. The van der Waals surface area contributed by atoms with Crippen molar-refractivity contribution in [3.63, 3.8) is 0 Å². The maximum absolute atomic E-state index is 11.6. The fourth-order valence-electron chi connectivity index (χ4n) is 1.74. The van der Waals surface area contributed by atoms with E-state index in [0.717, 1.165) is 16.6 Å². The van der Waals surface area contributed by atoms with E-state index < -0.39 is 0 Å². The third kappa shape index (κ3) is 4.24. The second kappa shape index (κ2) is 6.57. The average molecular weight is 322 g/mol. The maximum atomic E-state index is 11.6. The normalized spacial score (nSPS) is 10.4. The zero-order valence-electron chi connectivity index (χ0n) is 10.8. The summed E-state index contributed by atoms with van der Waals surface area (Å²) in [5.74, 6) is 0.868. The van der Waals surface area contributed by atoms with Crippen LogP contribution in [0.25, 0.3) is 0 Å². The number of ether oxygens (including phenoxy) is 1. The SMILES string of the molecule is Cc1ccc(OCCCn2cc(Br)ccc2=O)cc1. The number of nitrogens with zero attached hydrogens (tertiary/aromatic N) is 1. The molecular formula is C15H16BrNO2. The second-order valence-electron chi connectivity index (χ2n) is 4.39. The van der Waals surface area contributed by atoms with Crippen molar-refractivity contribution >= 4 is 15.9 Å². The molecule has 0 aliphatic carbocycles. The Morgan fingerprint density at radius 1 is 1.16 bits per heavy atom. The standard InChI is InChI=1S/C15H16BrNO2/c1-12-3-6-14(7-4-12)19-10-2-9-17-11-13(16)5-8-15(17)18/h3-8,11H,2,9-10H2,1H3. The molecule has 2 aromatic rings. The Morgan fingerprint density at radius 3 is 2.63 bits per heavy atom. The van der Waals surface area contributed by atoms with Gasteiger partial charge in [-0.3, -0.25) is 4.79 Å². The highest BCUT2D eigenvalue weighted by molar-refractivity contribution is 9.10. The van der Waals surface area contributed by atoms with Gasteiger partial charge in [0.1, 0.15) is 5.75 Å². The molecule has 19 heavy (non-hydrogen) atoms. The third-order valence-electron chi connectivity index (χ3n) is 2.78. The number of halogens is 1. The first kappa shape index (κ1) is 13.9. The Hall–Kier alpha value is -1.55. The van der Waals surface area contributed by atoms with E-state index in [-0.39, 0.29) is 5.56 Å². The van der Waals surface area contributed by atoms with Crippen molar-refractivity contribution in [1.82, 2.24) is 4.57 Å². The van der Waals surface area contributed by atoms with Crippen LogP contribution < -0.4 is 10.3 Å². The molecule has 100 valence electrons. The van der Waals surface area contributed by atoms with Gasteiger partial charge in [0.15, 0.2) is 0 Å². The van der Waals surface area contributed by atoms with Crippen LogP contribution in [0.4, 0.5) is 0 Å². The quantitative estimate of drug-likeness (QED) is 0.790. The van der Waals surface area contributed by atoms with E-state index in [1.54, 1.807) is 22.9 Å². The number of hydrogen-bond acceptors (Lipinski definition) is 2. The van der Waals surface area contributed by atoms with Crippen molar-refractivity contribution in [1.29, 1.82) is 0 Å². The highest BCUT2D eigenvalue weighted by Crippen LogP contribution is 2.11. The Morgan fingerprint density at radius 2 is 1.89 bits per heavy atom. The van der Waals surface area contributed by atoms with Crippen molar-refractivity contribution in [2.45, 2.75) is 19.9 Å². The highest BCUT2D eigenvalue weighted by Gasteiger charge is 1.98. The van der Waals surface area contributed by atoms with Crippen LogP contribution in [0.1, 0.15) is 12.0 Å². The monoisotopic (exact) mass is 321 g/mol. The summed E-state index contributed by atoms with van der Waals surface area (Å²) in [5.41, 5.74) is 1.23. The predicted molar refractivity (Wildman–Crippen MR) is 79.7 cm³/mol. The van der Waals surface area contributed by atoms with E-state index in [4.69, 9.17) is 4.74 Å². The molecule has 0 fully saturated rings. The fourth-order valence-corrected chi connectivity index (χ4v) is 2.12. The Labute approximate surface area is 121 Å². The summed E-state index contributed by atoms with van der Waals surface area (Å²) in [7, 11) is 0. The van der Waals surface area contributed by atoms with Crippen LogP contribution >= 0.6 is 15.9 Å². The second-order valence-corrected chi connectivity index (χ2v) is 5.31. The zero-order valence-corrected chi connectivity index (χ0v) is 12.4. The van der Waals surface area contributed by atoms with Crippen molar-refractivity contribution < 1.29 is 4.74 Å². The molecule has 0 saturated heterocycles. The molecule has 0 aliphatic heterocycles. The van der Waals surface area contributed by atoms with Gasteiger partial charge < -0.3 is 9.30 Å². The molecule has 0 aliphatic rings. The van der Waals surface area contributed by atoms with E-state index >= 15 is 0 Å². The molecule has 1 aromatic heterocycles. The number of benzene rings is 1. The van der Waals surface area contributed by atoms with Gasteiger partial charge in [0.25, 0.3) is 5.56 Å². The lowest BCUT2D eigenvalue weighted by Gasteiger charge is -2.08. The van der Waals surface area contributed by atoms with Crippen LogP contribution in [-0.4, -0.2) is 11.2 Å². The van der Waals surface area contributed by atoms with E-state index in [9.17, 15) is 4.79 Å². The van der Waals surface area contributed by atoms with Gasteiger partial charge in [-0.05, 0) is 47.5 Å². The van der Waals surface area contributed by atoms with E-state index in [0.29, 0.717) is 13.2 Å². The highest BCUT2D eigenvalue weighted by atomic mass is 79.9. The van der Waals surface area contributed by atoms with Crippen LogP contribution in [0.2, 0.25) is 0 Å². The molecule has 4 heteroatoms. The summed E-state index contributed by atoms with van der Waals surface area (Å²) in [6, 6.07) is 11.3. The minimum Gasteiger partial charge on any atom is -0.494 e. The van der Waals surface area contributed by atoms with Gasteiger partial charge in [-0.2, -0.15) is 0 Å². The topological polar surface area (TPSA) is 31.2 Å². The minimum atomic E-state index is 0.0125. The molecule has 0 unspecified atom stereocenters. The number of aryl methyl sites for hydroxylation is 2. The molecule has 2 rings (SSSR count). The molecule has 0 bridgehead atoms. The van der Waals surface area contributed by atoms with E-state index in [1.165, 1.54) is 5.56 Å². The molecule has 1 heterocycles. The van der Waals surface area contributed by atoms with Gasteiger partial charge in [-0.1, -0.05) is 17.7 Å². The summed E-state index contributed by atoms with van der Waals surface area (Å²) >= 11 is 3.36. The lowest BCUT2D eigenvalue weighted by Crippen LogP contribution is -2.19. The minimum absolute atomic E-state index is 0.0125. The third-order valence-corrected chi connectivity index (χ3v) is 3.25. The van der Waals surface area contributed by atoms with Crippen LogP contribution in [-0.2, 0) is 6.54 Å². The first-order valence-corrected chi connectivity index (χ1v) is 7.00. The van der Waals surface area contributed by atoms with Crippen LogP contribution in [0.3, 0.4) is 0 Å². The lowest BCUT2D eigenvalue weighted by molar-refractivity contribution is 0.301. The first-order valence-electron chi connectivity index (χ1n) is 6.20. The van der Waals surface area contributed by atoms with Gasteiger partial charge in [0.05, 0.1) is 6.61 Å². The molecule has 0 atom stereocenters. The molecule has 0 radical (unpaired) electrons. The average Bonchev–Trinajstić information content (AvgIpc) is 2.40. The summed E-state index contributed by atoms with van der Waals surface area (Å²) in [5, 5.41) is 0. The van der Waals surface area contributed by atoms with Crippen LogP contribution in [0, 0.1) is 6.92 Å². The smallest absolute Gasteiger partial charge is 0.250 e. The van der Waals surface area contributed by atoms with Gasteiger partial charge in [0, 0.05) is 23.3 Å². The van der Waals surface area contributed by atoms with Gasteiger partial charge in [0.2, 0.25) is 0 Å². The molecular weight excluding hydrogens is 306 g/mol. The Bertz CT molecular complexity index is 590. The fraction of sp³-hybridized carbons (Fsp3) is 0.267. The van der Waals surface area contributed by atoms with Crippen molar-refractivity contribution in [2.24, 2.45) is 0 Å². The number of rotatable bonds is 5. The first-order chi connectivity index (χ1) is 9.15. The molecule has 1 aromatic carbocycles. The van der Waals surface area contributed by atoms with Crippen LogP contribution in [0.15, 0.2) is 51.9 Å². The van der Waals surface area contributed by atoms with E-state index in [2.05, 4.69) is 15.9 Å². The summed E-state index contributed by atoms with van der Waals surface area (Å²) in [6.45, 7) is 3.30. The van der Waals surface area contributed by atoms with Crippen molar-refractivity contribution in [3.05, 3.63) is 63.0 Å². The molecule has 0 amide bonds. The van der Waals surface area contributed by atoms with Crippen LogP contribution in [0.5, 0.6) is 5.75 Å². The lowest BCUT2D eigenvalue weighted by atomic mass is 10.2. The molecule has 0 N–H and O–H groups in total. The van der Waals surface area contributed by atoms with Crippen molar-refractivity contribution in [2.75, 3.05) is 6.61 Å². The number of aromatic nitrogens is 1. The summed E-state index contributed by atoms with van der Waals surface area (Å²) in [6.07, 6.45) is 2.60. The molecule has 0 saturated carbocycles. The summed E-state index contributed by atoms with van der Waals surface area (Å²) in [4.78, 5) is 11.6. The zero-order chi connectivity index (χ0) is 13.7. The Kier molecular flexibility index (Phi) is 4.80. The number of hydrogen-bond donors (Lipinski definition) is 0. The molecule has 0 spiro atoms. The largest absolute Gasteiger partial charge is 0.494 e. The van der Waals surface area contributed by atoms with Crippen molar-refractivity contribution in [3.8, 4) is 5.75 Å². The van der Waals surface area contributed by atoms with Gasteiger partial charge in [-0.15, -0.1) is 0 Å². The van der Waals surface area contributed by atoms with Gasteiger partial charge >= 0.3 is 0 Å². The Balaban J connectivity index is 1.82. The van der Waals surface area contributed by atoms with E-state index in [1.807, 2.05) is 31.2 Å². The van der Waals surface area contributed by atoms with Gasteiger partial charge in [-0.25, -0.2) is 0 Å².